The highest BCUT2D eigenvalue weighted by Crippen LogP contribution is 2.48. The molecule has 1 aromatic rings. The van der Waals surface area contributed by atoms with Crippen molar-refractivity contribution in [2.45, 2.75) is 26.2 Å². The molecule has 0 heterocycles. The second-order valence-electron chi connectivity index (χ2n) is 4.30. The van der Waals surface area contributed by atoms with E-state index in [1.165, 1.54) is 12.8 Å². The van der Waals surface area contributed by atoms with Crippen LogP contribution in [0.15, 0.2) is 42.5 Å². The molecule has 2 bridgehead atoms. The molecule has 0 aliphatic heterocycles. The fraction of sp³-hybridized carbons (Fsp3) is 0.429. The van der Waals surface area contributed by atoms with Crippen molar-refractivity contribution >= 4 is 0 Å². The van der Waals surface area contributed by atoms with Crippen molar-refractivity contribution in [1.29, 1.82) is 0 Å². The Labute approximate surface area is 86.7 Å². The highest BCUT2D eigenvalue weighted by Gasteiger charge is 2.35. The number of benzene rings is 1. The molecular weight excluding hydrogens is 168 g/mol. The van der Waals surface area contributed by atoms with Gasteiger partial charge in [0, 0.05) is 0 Å². The summed E-state index contributed by atoms with van der Waals surface area (Å²) in [5.74, 6) is 2.54. The first-order valence-electron chi connectivity index (χ1n) is 5.17. The molecule has 3 rings (SSSR count). The molecule has 2 aliphatic carbocycles. The Morgan fingerprint density at radius 2 is 1.71 bits per heavy atom. The lowest BCUT2D eigenvalue weighted by Gasteiger charge is -2.17. The Morgan fingerprint density at radius 1 is 0.929 bits per heavy atom. The van der Waals surface area contributed by atoms with Crippen molar-refractivity contribution < 1.29 is 0 Å². The molecular formula is C14H18. The smallest absolute Gasteiger partial charge is 0.00932 e. The first-order valence-corrected chi connectivity index (χ1v) is 5.17. The van der Waals surface area contributed by atoms with E-state index in [1.54, 1.807) is 5.56 Å². The number of allylic oxidation sites excluding steroid dienone is 2. The number of fused-ring (bicyclic) bond motifs is 2. The third-order valence-corrected chi connectivity index (χ3v) is 3.51. The minimum atomic E-state index is 0. The molecule has 0 nitrogen and oxygen atoms in total. The van der Waals surface area contributed by atoms with Crippen LogP contribution < -0.4 is 0 Å². The Morgan fingerprint density at radius 3 is 2.29 bits per heavy atom. The van der Waals surface area contributed by atoms with E-state index in [2.05, 4.69) is 42.5 Å². The lowest BCUT2D eigenvalue weighted by molar-refractivity contribution is 0.585. The second-order valence-corrected chi connectivity index (χ2v) is 4.30. The van der Waals surface area contributed by atoms with E-state index in [0.717, 1.165) is 17.8 Å². The summed E-state index contributed by atoms with van der Waals surface area (Å²) in [5, 5.41) is 0. The zero-order chi connectivity index (χ0) is 8.67. The summed E-state index contributed by atoms with van der Waals surface area (Å²) in [6.45, 7) is 0. The highest BCUT2D eigenvalue weighted by molar-refractivity contribution is 5.27. The van der Waals surface area contributed by atoms with Gasteiger partial charge >= 0.3 is 0 Å². The summed E-state index contributed by atoms with van der Waals surface area (Å²) >= 11 is 0. The fourth-order valence-corrected chi connectivity index (χ4v) is 2.86. The molecule has 1 aromatic carbocycles. The van der Waals surface area contributed by atoms with Crippen LogP contribution in [0.5, 0.6) is 0 Å². The molecule has 3 atom stereocenters. The summed E-state index contributed by atoms with van der Waals surface area (Å²) in [6.07, 6.45) is 7.61. The molecule has 1 saturated carbocycles. The number of rotatable bonds is 1. The average Bonchev–Trinajstić information content (AvgIpc) is 2.80. The Balaban J connectivity index is 0.000000750. The molecule has 14 heavy (non-hydrogen) atoms. The van der Waals surface area contributed by atoms with Gasteiger partial charge in [-0.3, -0.25) is 0 Å². The molecule has 0 radical (unpaired) electrons. The topological polar surface area (TPSA) is 0 Å². The zero-order valence-electron chi connectivity index (χ0n) is 7.69. The number of hydrogen-bond acceptors (Lipinski definition) is 0. The van der Waals surface area contributed by atoms with Crippen molar-refractivity contribution in [2.75, 3.05) is 0 Å². The molecule has 0 heteroatoms. The zero-order valence-corrected chi connectivity index (χ0v) is 7.69. The molecule has 0 saturated heterocycles. The van der Waals surface area contributed by atoms with E-state index in [1.807, 2.05) is 0 Å². The van der Waals surface area contributed by atoms with Crippen LogP contribution in [-0.4, -0.2) is 0 Å². The molecule has 1 unspecified atom stereocenters. The lowest BCUT2D eigenvalue weighted by atomic mass is 9.87. The first-order chi connectivity index (χ1) is 6.43. The van der Waals surface area contributed by atoms with Crippen LogP contribution in [-0.2, 0) is 0 Å². The van der Waals surface area contributed by atoms with Gasteiger partial charge in [-0.1, -0.05) is 49.9 Å². The lowest BCUT2D eigenvalue weighted by Crippen LogP contribution is -2.04. The summed E-state index contributed by atoms with van der Waals surface area (Å²) < 4.78 is 0. The van der Waals surface area contributed by atoms with Crippen LogP contribution in [0.4, 0.5) is 0 Å². The maximum Gasteiger partial charge on any atom is -0.00932 e. The molecule has 0 spiro atoms. The third kappa shape index (κ3) is 1.39. The molecule has 0 amide bonds. The number of hydrogen-bond donors (Lipinski definition) is 0. The van der Waals surface area contributed by atoms with Gasteiger partial charge in [-0.25, -0.2) is 0 Å². The highest BCUT2D eigenvalue weighted by atomic mass is 14.4. The second kappa shape index (κ2) is 3.61. The fourth-order valence-electron chi connectivity index (χ4n) is 2.86. The van der Waals surface area contributed by atoms with E-state index < -0.39 is 0 Å². The van der Waals surface area contributed by atoms with E-state index in [4.69, 9.17) is 0 Å². The molecule has 74 valence electrons. The monoisotopic (exact) mass is 186 g/mol. The minimum absolute atomic E-state index is 0. The average molecular weight is 186 g/mol. The summed E-state index contributed by atoms with van der Waals surface area (Å²) in [4.78, 5) is 0. The standard InChI is InChI=1S/C13H14.CH4/c1-2-4-11(5-3-1)13-9-10-6-7-12(13)8-10;/h1-7,10,12-13H,8-9H2;1H4/t10-,12+,13?;/m1./s1. The Kier molecular flexibility index (Phi) is 2.45. The Hall–Kier alpha value is -1.04. The minimum Gasteiger partial charge on any atom is -0.0851 e. The van der Waals surface area contributed by atoms with Crippen molar-refractivity contribution in [2.24, 2.45) is 11.8 Å². The van der Waals surface area contributed by atoms with Crippen molar-refractivity contribution in [3.8, 4) is 0 Å². The van der Waals surface area contributed by atoms with Crippen LogP contribution in [0, 0.1) is 11.8 Å². The van der Waals surface area contributed by atoms with Gasteiger partial charge < -0.3 is 0 Å². The maximum atomic E-state index is 2.42. The van der Waals surface area contributed by atoms with Crippen LogP contribution in [0.25, 0.3) is 0 Å². The van der Waals surface area contributed by atoms with Crippen molar-refractivity contribution in [3.63, 3.8) is 0 Å². The van der Waals surface area contributed by atoms with Gasteiger partial charge in [0.2, 0.25) is 0 Å². The van der Waals surface area contributed by atoms with Crippen molar-refractivity contribution in [1.82, 2.24) is 0 Å². The van der Waals surface area contributed by atoms with Crippen LogP contribution >= 0.6 is 0 Å². The quantitative estimate of drug-likeness (QED) is 0.581. The summed E-state index contributed by atoms with van der Waals surface area (Å²) in [6, 6.07) is 11.0. The maximum absolute atomic E-state index is 2.42. The SMILES string of the molecule is C.C1=C[C@H]2C[C@@H]1CC2c1ccccc1. The summed E-state index contributed by atoms with van der Waals surface area (Å²) in [7, 11) is 0. The Bertz CT molecular complexity index is 323. The molecule has 0 N–H and O–H groups in total. The normalized spacial score (nSPS) is 33.0. The van der Waals surface area contributed by atoms with E-state index in [0.29, 0.717) is 0 Å². The molecule has 2 aliphatic rings. The predicted octanol–water partition coefficient (Wildman–Crippen LogP) is 4.00. The van der Waals surface area contributed by atoms with E-state index in [-0.39, 0.29) is 7.43 Å². The first kappa shape index (κ1) is 9.51. The van der Waals surface area contributed by atoms with Gasteiger partial charge in [0.1, 0.15) is 0 Å². The van der Waals surface area contributed by atoms with Crippen LogP contribution in [0.1, 0.15) is 31.7 Å². The van der Waals surface area contributed by atoms with Gasteiger partial charge in [-0.05, 0) is 36.2 Å². The van der Waals surface area contributed by atoms with Gasteiger partial charge in [0.15, 0.2) is 0 Å². The van der Waals surface area contributed by atoms with Gasteiger partial charge in [-0.15, -0.1) is 0 Å². The molecule has 0 aromatic heterocycles. The van der Waals surface area contributed by atoms with Crippen LogP contribution in [0.2, 0.25) is 0 Å². The summed E-state index contributed by atoms with van der Waals surface area (Å²) in [5.41, 5.74) is 1.54. The largest absolute Gasteiger partial charge is 0.0851 e. The van der Waals surface area contributed by atoms with Crippen LogP contribution in [0.3, 0.4) is 0 Å². The van der Waals surface area contributed by atoms with E-state index in [9.17, 15) is 0 Å². The van der Waals surface area contributed by atoms with Gasteiger partial charge in [0.25, 0.3) is 0 Å². The third-order valence-electron chi connectivity index (χ3n) is 3.51. The van der Waals surface area contributed by atoms with Gasteiger partial charge in [0.05, 0.1) is 0 Å². The van der Waals surface area contributed by atoms with Crippen molar-refractivity contribution in [3.05, 3.63) is 48.0 Å². The van der Waals surface area contributed by atoms with Gasteiger partial charge in [-0.2, -0.15) is 0 Å². The van der Waals surface area contributed by atoms with E-state index >= 15 is 0 Å². The predicted molar refractivity (Wildman–Crippen MR) is 61.3 cm³/mol. The molecule has 1 fully saturated rings.